The normalized spacial score (nSPS) is 14.8. The Hall–Kier alpha value is -3.49. The second-order valence-electron chi connectivity index (χ2n) is 8.31. The molecule has 1 aliphatic heterocycles. The van der Waals surface area contributed by atoms with Crippen molar-refractivity contribution in [3.8, 4) is 17.2 Å². The molecule has 1 saturated heterocycles. The lowest BCUT2D eigenvalue weighted by atomic mass is 10.1. The van der Waals surface area contributed by atoms with Gasteiger partial charge in [-0.25, -0.2) is 0 Å². The highest BCUT2D eigenvalue weighted by Crippen LogP contribution is 2.39. The highest BCUT2D eigenvalue weighted by Gasteiger charge is 2.26. The van der Waals surface area contributed by atoms with Gasteiger partial charge in [-0.15, -0.1) is 0 Å². The first-order valence-electron chi connectivity index (χ1n) is 11.7. The Kier molecular flexibility index (Phi) is 8.28. The number of rotatable bonds is 10. The second kappa shape index (κ2) is 11.8. The van der Waals surface area contributed by atoms with E-state index in [1.165, 1.54) is 0 Å². The number of hydrogen-bond acceptors (Lipinski definition) is 7. The summed E-state index contributed by atoms with van der Waals surface area (Å²) in [4.78, 5) is 15.4. The molecule has 2 aromatic carbocycles. The van der Waals surface area contributed by atoms with Crippen molar-refractivity contribution in [2.24, 2.45) is 0 Å². The Morgan fingerprint density at radius 1 is 1.03 bits per heavy atom. The number of carbonyl (C=O) groups is 1. The summed E-state index contributed by atoms with van der Waals surface area (Å²) in [6.45, 7) is 5.51. The minimum Gasteiger partial charge on any atom is -0.493 e. The Morgan fingerprint density at radius 3 is 2.31 bits per heavy atom. The minimum absolute atomic E-state index is 0.0891. The third-order valence-electron chi connectivity index (χ3n) is 5.98. The van der Waals surface area contributed by atoms with Crippen molar-refractivity contribution in [1.82, 2.24) is 10.2 Å². The summed E-state index contributed by atoms with van der Waals surface area (Å²) in [5.74, 6) is 2.73. The fraction of sp³-hybridized carbons (Fsp3) is 0.370. The van der Waals surface area contributed by atoms with Crippen LogP contribution in [0, 0.1) is 6.92 Å². The number of furan rings is 1. The van der Waals surface area contributed by atoms with E-state index < -0.39 is 0 Å². The molecule has 1 N–H and O–H groups in total. The molecule has 0 radical (unpaired) electrons. The Balaban J connectivity index is 1.49. The van der Waals surface area contributed by atoms with E-state index in [1.807, 2.05) is 49.4 Å². The van der Waals surface area contributed by atoms with E-state index in [4.69, 9.17) is 23.4 Å². The van der Waals surface area contributed by atoms with E-state index in [1.54, 1.807) is 26.4 Å². The topological polar surface area (TPSA) is 82.4 Å². The van der Waals surface area contributed by atoms with Gasteiger partial charge in [-0.05, 0) is 36.8 Å². The predicted molar refractivity (Wildman–Crippen MR) is 131 cm³/mol. The molecule has 1 amide bonds. The van der Waals surface area contributed by atoms with Crippen molar-refractivity contribution < 1.29 is 28.2 Å². The number of methoxy groups -OCH3 is 2. The van der Waals surface area contributed by atoms with E-state index in [-0.39, 0.29) is 11.9 Å². The van der Waals surface area contributed by atoms with Crippen LogP contribution in [0.4, 0.5) is 0 Å². The standard InChI is InChI=1S/C27H32N2O6/c1-19-9-10-23(35-19)22(29-11-13-33-14-12-29)17-28-27(30)21-15-24(31-2)26(25(16-21)32-3)34-18-20-7-5-4-6-8-20/h4-10,15-16,22H,11-14,17-18H2,1-3H3,(H,28,30). The maximum absolute atomic E-state index is 13.2. The zero-order valence-electron chi connectivity index (χ0n) is 20.4. The van der Waals surface area contributed by atoms with Gasteiger partial charge in [-0.3, -0.25) is 9.69 Å². The van der Waals surface area contributed by atoms with Crippen LogP contribution < -0.4 is 19.5 Å². The Labute approximate surface area is 205 Å². The van der Waals surface area contributed by atoms with Crippen LogP contribution in [0.5, 0.6) is 17.2 Å². The Morgan fingerprint density at radius 2 is 1.71 bits per heavy atom. The molecule has 0 saturated carbocycles. The molecule has 186 valence electrons. The van der Waals surface area contributed by atoms with Crippen molar-refractivity contribution in [2.75, 3.05) is 47.1 Å². The molecular formula is C27H32N2O6. The molecule has 1 atom stereocenters. The fourth-order valence-electron chi connectivity index (χ4n) is 4.11. The number of aryl methyl sites for hydroxylation is 1. The number of carbonyl (C=O) groups excluding carboxylic acids is 1. The van der Waals surface area contributed by atoms with E-state index in [0.717, 1.165) is 30.2 Å². The van der Waals surface area contributed by atoms with Gasteiger partial charge in [0.2, 0.25) is 5.75 Å². The zero-order valence-corrected chi connectivity index (χ0v) is 20.4. The number of morpholine rings is 1. The van der Waals surface area contributed by atoms with Gasteiger partial charge in [-0.1, -0.05) is 30.3 Å². The molecule has 1 aliphatic rings. The van der Waals surface area contributed by atoms with Crippen molar-refractivity contribution in [3.05, 3.63) is 77.2 Å². The van der Waals surface area contributed by atoms with Gasteiger partial charge in [0, 0.05) is 25.2 Å². The molecule has 0 spiro atoms. The number of hydrogen-bond donors (Lipinski definition) is 1. The summed E-state index contributed by atoms with van der Waals surface area (Å²) in [6.07, 6.45) is 0. The van der Waals surface area contributed by atoms with Gasteiger partial charge in [-0.2, -0.15) is 0 Å². The van der Waals surface area contributed by atoms with E-state index in [2.05, 4.69) is 10.2 Å². The van der Waals surface area contributed by atoms with Crippen LogP contribution in [-0.2, 0) is 11.3 Å². The van der Waals surface area contributed by atoms with Gasteiger partial charge in [0.05, 0.1) is 33.5 Å². The molecule has 1 aromatic heterocycles. The SMILES string of the molecule is COc1cc(C(=O)NCC(c2ccc(C)o2)N2CCOCC2)cc(OC)c1OCc1ccccc1. The van der Waals surface area contributed by atoms with Crippen LogP contribution in [0.15, 0.2) is 59.0 Å². The quantitative estimate of drug-likeness (QED) is 0.470. The van der Waals surface area contributed by atoms with Gasteiger partial charge in [0.15, 0.2) is 11.5 Å². The summed E-state index contributed by atoms with van der Waals surface area (Å²) < 4.78 is 28.5. The van der Waals surface area contributed by atoms with E-state index >= 15 is 0 Å². The third kappa shape index (κ3) is 6.15. The van der Waals surface area contributed by atoms with Crippen molar-refractivity contribution in [3.63, 3.8) is 0 Å². The van der Waals surface area contributed by atoms with Crippen molar-refractivity contribution in [1.29, 1.82) is 0 Å². The highest BCUT2D eigenvalue weighted by molar-refractivity contribution is 5.95. The summed E-state index contributed by atoms with van der Waals surface area (Å²) in [5.41, 5.74) is 1.43. The van der Waals surface area contributed by atoms with Gasteiger partial charge >= 0.3 is 0 Å². The molecule has 0 aliphatic carbocycles. The van der Waals surface area contributed by atoms with Crippen molar-refractivity contribution >= 4 is 5.91 Å². The zero-order chi connectivity index (χ0) is 24.6. The summed E-state index contributed by atoms with van der Waals surface area (Å²) in [6, 6.07) is 17.0. The molecule has 1 unspecified atom stereocenters. The van der Waals surface area contributed by atoms with E-state index in [0.29, 0.717) is 49.2 Å². The lowest BCUT2D eigenvalue weighted by Gasteiger charge is -2.33. The number of nitrogens with zero attached hydrogens (tertiary/aromatic N) is 1. The molecule has 3 aromatic rings. The monoisotopic (exact) mass is 480 g/mol. The number of nitrogens with one attached hydrogen (secondary N) is 1. The summed E-state index contributed by atoms with van der Waals surface area (Å²) in [5, 5.41) is 3.05. The second-order valence-corrected chi connectivity index (χ2v) is 8.31. The average Bonchev–Trinajstić information content (AvgIpc) is 3.33. The molecule has 1 fully saturated rings. The maximum atomic E-state index is 13.2. The van der Waals surface area contributed by atoms with Crippen LogP contribution in [0.3, 0.4) is 0 Å². The Bertz CT molecular complexity index is 1080. The fourth-order valence-corrected chi connectivity index (χ4v) is 4.11. The van der Waals surface area contributed by atoms with Gasteiger partial charge in [0.1, 0.15) is 18.1 Å². The van der Waals surface area contributed by atoms with Crippen LogP contribution in [0.25, 0.3) is 0 Å². The highest BCUT2D eigenvalue weighted by atomic mass is 16.5. The summed E-state index contributed by atoms with van der Waals surface area (Å²) >= 11 is 0. The minimum atomic E-state index is -0.238. The number of benzene rings is 2. The maximum Gasteiger partial charge on any atom is 0.251 e. The largest absolute Gasteiger partial charge is 0.493 e. The number of amides is 1. The number of ether oxygens (including phenoxy) is 4. The molecule has 2 heterocycles. The average molecular weight is 481 g/mol. The van der Waals surface area contributed by atoms with Crippen LogP contribution in [0.2, 0.25) is 0 Å². The third-order valence-corrected chi connectivity index (χ3v) is 5.98. The van der Waals surface area contributed by atoms with Crippen LogP contribution in [0.1, 0.15) is 33.5 Å². The van der Waals surface area contributed by atoms with E-state index in [9.17, 15) is 4.79 Å². The van der Waals surface area contributed by atoms with Crippen LogP contribution in [-0.4, -0.2) is 57.9 Å². The van der Waals surface area contributed by atoms with Crippen molar-refractivity contribution in [2.45, 2.75) is 19.6 Å². The lowest BCUT2D eigenvalue weighted by molar-refractivity contribution is 0.0117. The van der Waals surface area contributed by atoms with Crippen LogP contribution >= 0.6 is 0 Å². The lowest BCUT2D eigenvalue weighted by Crippen LogP contribution is -2.43. The molecule has 8 heteroatoms. The molecule has 0 bridgehead atoms. The molecule has 35 heavy (non-hydrogen) atoms. The smallest absolute Gasteiger partial charge is 0.251 e. The first kappa shape index (κ1) is 24.6. The first-order chi connectivity index (χ1) is 17.1. The van der Waals surface area contributed by atoms with Gasteiger partial charge in [0.25, 0.3) is 5.91 Å². The summed E-state index contributed by atoms with van der Waals surface area (Å²) in [7, 11) is 3.08. The van der Waals surface area contributed by atoms with Gasteiger partial charge < -0.3 is 28.7 Å². The molecule has 4 rings (SSSR count). The first-order valence-corrected chi connectivity index (χ1v) is 11.7. The predicted octanol–water partition coefficient (Wildman–Crippen LogP) is 3.99. The molecular weight excluding hydrogens is 448 g/mol. The molecule has 8 nitrogen and oxygen atoms in total.